The van der Waals surface area contributed by atoms with Crippen LogP contribution in [-0.2, 0) is 9.53 Å². The van der Waals surface area contributed by atoms with Gasteiger partial charge in [0.1, 0.15) is 6.54 Å². The third-order valence-electron chi connectivity index (χ3n) is 3.01. The zero-order valence-electron chi connectivity index (χ0n) is 10.2. The highest BCUT2D eigenvalue weighted by molar-refractivity contribution is 5.79. The molecule has 0 aliphatic carbocycles. The first-order chi connectivity index (χ1) is 8.35. The molecule has 2 atom stereocenters. The molecule has 1 heterocycles. The number of alkyl halides is 3. The van der Waals surface area contributed by atoms with Crippen LogP contribution < -0.4 is 0 Å². The second-order valence-corrected chi connectivity index (χ2v) is 4.55. The molecule has 4 nitrogen and oxygen atoms in total. The number of aliphatic hydroxyl groups excluding tert-OH is 1. The van der Waals surface area contributed by atoms with Crippen molar-refractivity contribution < 1.29 is 27.8 Å². The molecule has 1 rings (SSSR count). The van der Waals surface area contributed by atoms with Crippen molar-refractivity contribution in [3.05, 3.63) is 0 Å². The number of hydrogen-bond donors (Lipinski definition) is 1. The summed E-state index contributed by atoms with van der Waals surface area (Å²) in [5.74, 6) is -1.09. The normalized spacial score (nSPS) is 24.9. The van der Waals surface area contributed by atoms with Gasteiger partial charge < -0.3 is 14.7 Å². The van der Waals surface area contributed by atoms with Gasteiger partial charge in [-0.2, -0.15) is 13.2 Å². The van der Waals surface area contributed by atoms with Crippen molar-refractivity contribution in [2.75, 3.05) is 32.9 Å². The summed E-state index contributed by atoms with van der Waals surface area (Å²) in [4.78, 5) is 12.7. The van der Waals surface area contributed by atoms with Crippen molar-refractivity contribution in [2.45, 2.75) is 19.5 Å². The standard InChI is InChI=1S/C11H18F3NO3/c1-8-6-18-5-2-9(8)10(17)15(3-4-16)7-11(12,13)14/h8-9,16H,2-7H2,1H3. The molecule has 18 heavy (non-hydrogen) atoms. The first kappa shape index (κ1) is 15.2. The molecule has 1 N–H and O–H groups in total. The third-order valence-corrected chi connectivity index (χ3v) is 3.01. The molecule has 1 aliphatic heterocycles. The van der Waals surface area contributed by atoms with E-state index in [0.29, 0.717) is 24.5 Å². The second kappa shape index (κ2) is 6.38. The molecule has 0 bridgehead atoms. The quantitative estimate of drug-likeness (QED) is 0.829. The Bertz CT molecular complexity index is 283. The van der Waals surface area contributed by atoms with Gasteiger partial charge in [-0.25, -0.2) is 0 Å². The smallest absolute Gasteiger partial charge is 0.395 e. The number of halogens is 3. The fourth-order valence-electron chi connectivity index (χ4n) is 2.09. The molecule has 1 amide bonds. The van der Waals surface area contributed by atoms with Crippen LogP contribution in [0.4, 0.5) is 13.2 Å². The number of ether oxygens (including phenoxy) is 1. The largest absolute Gasteiger partial charge is 0.406 e. The zero-order valence-corrected chi connectivity index (χ0v) is 10.2. The molecule has 1 saturated heterocycles. The van der Waals surface area contributed by atoms with Crippen LogP contribution in [0.1, 0.15) is 13.3 Å². The lowest BCUT2D eigenvalue weighted by molar-refractivity contribution is -0.167. The van der Waals surface area contributed by atoms with E-state index < -0.39 is 31.2 Å². The maximum atomic E-state index is 12.4. The van der Waals surface area contributed by atoms with E-state index in [2.05, 4.69) is 0 Å². The lowest BCUT2D eigenvalue weighted by atomic mass is 9.88. The van der Waals surface area contributed by atoms with E-state index in [1.54, 1.807) is 6.92 Å². The lowest BCUT2D eigenvalue weighted by Crippen LogP contribution is -2.46. The van der Waals surface area contributed by atoms with Crippen molar-refractivity contribution in [1.82, 2.24) is 4.90 Å². The highest BCUT2D eigenvalue weighted by Gasteiger charge is 2.37. The molecule has 0 radical (unpaired) electrons. The molecule has 0 aromatic rings. The number of carbonyl (C=O) groups is 1. The molecular formula is C11H18F3NO3. The SMILES string of the molecule is CC1COCCC1C(=O)N(CCO)CC(F)(F)F. The van der Waals surface area contributed by atoms with Crippen molar-refractivity contribution >= 4 is 5.91 Å². The summed E-state index contributed by atoms with van der Waals surface area (Å²) in [5.41, 5.74) is 0. The summed E-state index contributed by atoms with van der Waals surface area (Å²) >= 11 is 0. The number of amides is 1. The number of aliphatic hydroxyl groups is 1. The number of hydrogen-bond acceptors (Lipinski definition) is 3. The minimum absolute atomic E-state index is 0.0966. The summed E-state index contributed by atoms with van der Waals surface area (Å²) in [5, 5.41) is 8.76. The Balaban J connectivity index is 2.68. The summed E-state index contributed by atoms with van der Waals surface area (Å²) in [6.07, 6.45) is -4.01. The maximum Gasteiger partial charge on any atom is 0.406 e. The second-order valence-electron chi connectivity index (χ2n) is 4.55. The van der Waals surface area contributed by atoms with Crippen LogP contribution in [0.3, 0.4) is 0 Å². The first-order valence-corrected chi connectivity index (χ1v) is 5.89. The van der Waals surface area contributed by atoms with Gasteiger partial charge in [0.15, 0.2) is 0 Å². The third kappa shape index (κ3) is 4.45. The Hall–Kier alpha value is -0.820. The van der Waals surface area contributed by atoms with E-state index in [1.807, 2.05) is 0 Å². The van der Waals surface area contributed by atoms with Crippen molar-refractivity contribution in [2.24, 2.45) is 11.8 Å². The zero-order chi connectivity index (χ0) is 13.8. The number of carbonyl (C=O) groups excluding carboxylic acids is 1. The molecular weight excluding hydrogens is 251 g/mol. The van der Waals surface area contributed by atoms with Gasteiger partial charge in [0.25, 0.3) is 0 Å². The Kier molecular flexibility index (Phi) is 5.40. The van der Waals surface area contributed by atoms with E-state index in [4.69, 9.17) is 9.84 Å². The van der Waals surface area contributed by atoms with Crippen LogP contribution in [0.5, 0.6) is 0 Å². The van der Waals surface area contributed by atoms with Crippen molar-refractivity contribution in [1.29, 1.82) is 0 Å². The summed E-state index contributed by atoms with van der Waals surface area (Å²) in [6, 6.07) is 0. The van der Waals surface area contributed by atoms with E-state index in [1.165, 1.54) is 0 Å². The Morgan fingerprint density at radius 3 is 2.67 bits per heavy atom. The molecule has 0 saturated carbocycles. The van der Waals surface area contributed by atoms with E-state index in [0.717, 1.165) is 0 Å². The van der Waals surface area contributed by atoms with Crippen LogP contribution in [0.15, 0.2) is 0 Å². The van der Waals surface area contributed by atoms with Crippen LogP contribution in [0.25, 0.3) is 0 Å². The van der Waals surface area contributed by atoms with Crippen molar-refractivity contribution in [3.8, 4) is 0 Å². The molecule has 0 aromatic heterocycles. The van der Waals surface area contributed by atoms with E-state index >= 15 is 0 Å². The molecule has 1 fully saturated rings. The summed E-state index contributed by atoms with van der Waals surface area (Å²) in [7, 11) is 0. The highest BCUT2D eigenvalue weighted by Crippen LogP contribution is 2.25. The molecule has 0 spiro atoms. The molecule has 106 valence electrons. The van der Waals surface area contributed by atoms with Crippen molar-refractivity contribution in [3.63, 3.8) is 0 Å². The molecule has 2 unspecified atom stereocenters. The van der Waals surface area contributed by atoms with Gasteiger partial charge in [0.05, 0.1) is 6.61 Å². The predicted octanol–water partition coefficient (Wildman–Crippen LogP) is 1.04. The Labute approximate surface area is 104 Å². The minimum atomic E-state index is -4.45. The average molecular weight is 269 g/mol. The van der Waals surface area contributed by atoms with Gasteiger partial charge in [-0.15, -0.1) is 0 Å². The predicted molar refractivity (Wildman–Crippen MR) is 57.8 cm³/mol. The fraction of sp³-hybridized carbons (Fsp3) is 0.909. The van der Waals surface area contributed by atoms with Crippen LogP contribution >= 0.6 is 0 Å². The van der Waals surface area contributed by atoms with Crippen LogP contribution in [0.2, 0.25) is 0 Å². The molecule has 1 aliphatic rings. The van der Waals surface area contributed by atoms with E-state index in [-0.39, 0.29) is 12.5 Å². The van der Waals surface area contributed by atoms with Gasteiger partial charge >= 0.3 is 6.18 Å². The van der Waals surface area contributed by atoms with Crippen LogP contribution in [-0.4, -0.2) is 55.0 Å². The summed E-state index contributed by atoms with van der Waals surface area (Å²) in [6.45, 7) is 0.486. The van der Waals surface area contributed by atoms with Gasteiger partial charge in [-0.3, -0.25) is 4.79 Å². The van der Waals surface area contributed by atoms with Gasteiger partial charge in [0, 0.05) is 25.7 Å². The number of rotatable bonds is 4. The lowest BCUT2D eigenvalue weighted by Gasteiger charge is -2.33. The molecule has 0 aromatic carbocycles. The van der Waals surface area contributed by atoms with Gasteiger partial charge in [-0.05, 0) is 12.3 Å². The maximum absolute atomic E-state index is 12.4. The fourth-order valence-corrected chi connectivity index (χ4v) is 2.09. The number of nitrogens with zero attached hydrogens (tertiary/aromatic N) is 1. The van der Waals surface area contributed by atoms with Crippen LogP contribution in [0, 0.1) is 11.8 Å². The Morgan fingerprint density at radius 2 is 2.17 bits per heavy atom. The Morgan fingerprint density at radius 1 is 1.50 bits per heavy atom. The first-order valence-electron chi connectivity index (χ1n) is 5.89. The molecule has 7 heteroatoms. The van der Waals surface area contributed by atoms with E-state index in [9.17, 15) is 18.0 Å². The highest BCUT2D eigenvalue weighted by atomic mass is 19.4. The summed E-state index contributed by atoms with van der Waals surface area (Å²) < 4.78 is 42.2. The van der Waals surface area contributed by atoms with Gasteiger partial charge in [-0.1, -0.05) is 6.92 Å². The van der Waals surface area contributed by atoms with Gasteiger partial charge in [0.2, 0.25) is 5.91 Å². The average Bonchev–Trinajstić information content (AvgIpc) is 2.26. The topological polar surface area (TPSA) is 49.8 Å². The monoisotopic (exact) mass is 269 g/mol. The minimum Gasteiger partial charge on any atom is -0.395 e.